The lowest BCUT2D eigenvalue weighted by Gasteiger charge is -2.30. The molecular formula is C26H37N5O3. The van der Waals surface area contributed by atoms with Crippen LogP contribution in [0.3, 0.4) is 0 Å². The summed E-state index contributed by atoms with van der Waals surface area (Å²) in [6.45, 7) is 7.58. The van der Waals surface area contributed by atoms with Gasteiger partial charge in [-0.05, 0) is 56.9 Å². The van der Waals surface area contributed by atoms with Gasteiger partial charge in [-0.15, -0.1) is 0 Å². The normalized spacial score (nSPS) is 22.4. The maximum atomic E-state index is 12.7. The molecule has 0 spiro atoms. The highest BCUT2D eigenvalue weighted by molar-refractivity contribution is 6.04. The van der Waals surface area contributed by atoms with Crippen LogP contribution in [0.25, 0.3) is 0 Å². The fourth-order valence-corrected chi connectivity index (χ4v) is 4.68. The van der Waals surface area contributed by atoms with Gasteiger partial charge in [0.15, 0.2) is 0 Å². The molecule has 0 unspecified atom stereocenters. The van der Waals surface area contributed by atoms with Crippen LogP contribution >= 0.6 is 0 Å². The third kappa shape index (κ3) is 7.33. The van der Waals surface area contributed by atoms with Gasteiger partial charge in [-0.2, -0.15) is 0 Å². The van der Waals surface area contributed by atoms with Crippen LogP contribution in [-0.4, -0.2) is 73.1 Å². The zero-order valence-corrected chi connectivity index (χ0v) is 20.3. The molecule has 0 aromatic heterocycles. The highest BCUT2D eigenvalue weighted by Gasteiger charge is 2.24. The Morgan fingerprint density at radius 3 is 2.59 bits per heavy atom. The van der Waals surface area contributed by atoms with Crippen LogP contribution < -0.4 is 10.6 Å². The fourth-order valence-electron chi connectivity index (χ4n) is 4.68. The van der Waals surface area contributed by atoms with Crippen molar-refractivity contribution in [2.45, 2.75) is 57.7 Å². The maximum Gasteiger partial charge on any atom is 0.267 e. The van der Waals surface area contributed by atoms with E-state index in [9.17, 15) is 14.7 Å². The second-order valence-electron chi connectivity index (χ2n) is 9.19. The summed E-state index contributed by atoms with van der Waals surface area (Å²) < 4.78 is 0. The molecule has 3 rings (SSSR count). The molecule has 8 nitrogen and oxygen atoms in total. The molecule has 1 heterocycles. The molecule has 0 saturated heterocycles. The number of carbonyl (C=O) groups is 2. The van der Waals surface area contributed by atoms with Gasteiger partial charge >= 0.3 is 0 Å². The van der Waals surface area contributed by atoms with E-state index in [1.807, 2.05) is 6.07 Å². The molecule has 2 aliphatic rings. The number of nitrogens with one attached hydrogen (secondary N) is 2. The monoisotopic (exact) mass is 467 g/mol. The molecule has 3 N–H and O–H groups in total. The average Bonchev–Trinajstić information content (AvgIpc) is 2.85. The largest absolute Gasteiger partial charge is 0.390 e. The number of ketones is 1. The predicted octanol–water partition coefficient (Wildman–Crippen LogP) is 1.87. The topological polar surface area (TPSA) is 106 Å². The van der Waals surface area contributed by atoms with Gasteiger partial charge in [-0.1, -0.05) is 24.3 Å². The summed E-state index contributed by atoms with van der Waals surface area (Å²) in [5, 5.41) is 16.2. The molecule has 1 aliphatic carbocycles. The molecule has 8 heteroatoms. The molecule has 1 saturated carbocycles. The number of hydrogen-bond acceptors (Lipinski definition) is 6. The summed E-state index contributed by atoms with van der Waals surface area (Å²) >= 11 is 0. The number of aliphatic hydroxyl groups is 1. The van der Waals surface area contributed by atoms with E-state index in [4.69, 9.17) is 0 Å². The number of benzene rings is 1. The number of likely N-dealkylation sites (N-methyl/N-ethyl adjacent to an activating group) is 1. The van der Waals surface area contributed by atoms with Crippen LogP contribution in [-0.2, 0) is 22.6 Å². The summed E-state index contributed by atoms with van der Waals surface area (Å²) in [7, 11) is 1.66. The lowest BCUT2D eigenvalue weighted by Crippen LogP contribution is -2.43. The first-order valence-electron chi connectivity index (χ1n) is 12.1. The highest BCUT2D eigenvalue weighted by atomic mass is 16.3. The number of amides is 1. The summed E-state index contributed by atoms with van der Waals surface area (Å²) in [5.41, 5.74) is 2.97. The molecule has 1 aromatic rings. The number of rotatable bonds is 9. The number of amidine groups is 1. The smallest absolute Gasteiger partial charge is 0.267 e. The highest BCUT2D eigenvalue weighted by Crippen LogP contribution is 2.27. The van der Waals surface area contributed by atoms with E-state index in [0.717, 1.165) is 45.2 Å². The van der Waals surface area contributed by atoms with Gasteiger partial charge in [0, 0.05) is 45.2 Å². The molecule has 184 valence electrons. The lowest BCUT2D eigenvalue weighted by atomic mass is 9.84. The summed E-state index contributed by atoms with van der Waals surface area (Å²) in [5.74, 6) is 0.429. The van der Waals surface area contributed by atoms with Crippen molar-refractivity contribution in [2.24, 2.45) is 15.9 Å². The molecule has 1 amide bonds. The van der Waals surface area contributed by atoms with Crippen LogP contribution in [0.5, 0.6) is 0 Å². The van der Waals surface area contributed by atoms with E-state index < -0.39 is 6.10 Å². The number of β-amino-alcohol motifs (C(OH)–C–C–N with tert-alkyl or cyclic N) is 1. The number of hydrogen-bond donors (Lipinski definition) is 3. The van der Waals surface area contributed by atoms with Crippen molar-refractivity contribution in [3.8, 4) is 0 Å². The summed E-state index contributed by atoms with van der Waals surface area (Å²) in [4.78, 5) is 35.1. The van der Waals surface area contributed by atoms with Gasteiger partial charge in [-0.3, -0.25) is 19.5 Å². The number of aliphatic imine (C=N–C) groups is 2. The van der Waals surface area contributed by atoms with E-state index >= 15 is 0 Å². The first-order chi connectivity index (χ1) is 16.4. The minimum Gasteiger partial charge on any atom is -0.390 e. The predicted molar refractivity (Wildman–Crippen MR) is 135 cm³/mol. The number of fused-ring (bicyclic) bond motifs is 1. The number of aliphatic hydroxyl groups excluding tert-OH is 1. The van der Waals surface area contributed by atoms with Crippen LogP contribution in [0.1, 0.15) is 43.7 Å². The third-order valence-electron chi connectivity index (χ3n) is 6.71. The SMILES string of the molecule is C=NC(C=C(NC)C(=O)NC[C@H](O)CN1CCc2ccccc2C1)=NC1CCC(C(C)=O)CC1. The van der Waals surface area contributed by atoms with Crippen LogP contribution in [0.2, 0.25) is 0 Å². The van der Waals surface area contributed by atoms with Crippen molar-refractivity contribution in [2.75, 3.05) is 26.7 Å². The van der Waals surface area contributed by atoms with Crippen molar-refractivity contribution in [3.05, 3.63) is 47.2 Å². The number of nitrogens with zero attached hydrogens (tertiary/aromatic N) is 3. The zero-order chi connectivity index (χ0) is 24.5. The van der Waals surface area contributed by atoms with Crippen molar-refractivity contribution < 1.29 is 14.7 Å². The van der Waals surface area contributed by atoms with Crippen molar-refractivity contribution in [3.63, 3.8) is 0 Å². The Kier molecular flexibility index (Phi) is 9.53. The maximum absolute atomic E-state index is 12.7. The van der Waals surface area contributed by atoms with E-state index in [2.05, 4.69) is 50.4 Å². The average molecular weight is 468 g/mol. The van der Waals surface area contributed by atoms with Gasteiger partial charge in [0.25, 0.3) is 5.91 Å². The Balaban J connectivity index is 1.50. The minimum absolute atomic E-state index is 0.0741. The van der Waals surface area contributed by atoms with Gasteiger partial charge in [0.1, 0.15) is 17.3 Å². The molecule has 1 atom stereocenters. The molecule has 1 fully saturated rings. The van der Waals surface area contributed by atoms with Gasteiger partial charge in [0.2, 0.25) is 0 Å². The van der Waals surface area contributed by atoms with E-state index in [0.29, 0.717) is 18.1 Å². The second-order valence-corrected chi connectivity index (χ2v) is 9.19. The Hall–Kier alpha value is -2.84. The quantitative estimate of drug-likeness (QED) is 0.292. The van der Waals surface area contributed by atoms with Crippen molar-refractivity contribution in [1.82, 2.24) is 15.5 Å². The Labute approximate surface area is 202 Å². The molecule has 34 heavy (non-hydrogen) atoms. The number of Topliss-reactive ketones (excluding diaryl/α,β-unsaturated/α-hetero) is 1. The summed E-state index contributed by atoms with van der Waals surface area (Å²) in [6.07, 6.45) is 5.18. The lowest BCUT2D eigenvalue weighted by molar-refractivity contribution is -0.121. The Morgan fingerprint density at radius 1 is 1.24 bits per heavy atom. The second kappa shape index (κ2) is 12.6. The van der Waals surface area contributed by atoms with E-state index in [1.165, 1.54) is 11.1 Å². The third-order valence-corrected chi connectivity index (χ3v) is 6.71. The van der Waals surface area contributed by atoms with Crippen molar-refractivity contribution in [1.29, 1.82) is 0 Å². The first kappa shape index (κ1) is 25.8. The van der Waals surface area contributed by atoms with Gasteiger partial charge in [0.05, 0.1) is 12.1 Å². The standard InChI is InChI=1S/C26H37N5O3/c1-18(32)19-8-10-22(11-9-19)30-25(28-3)14-24(27-2)26(34)29-15-23(33)17-31-13-12-20-6-4-5-7-21(20)16-31/h4-7,14,19,22-23,27,33H,3,8-13,15-17H2,1-2H3,(H,29,34)/t19?,22?,23-/m0/s1. The molecule has 1 aromatic carbocycles. The minimum atomic E-state index is -0.672. The zero-order valence-electron chi connectivity index (χ0n) is 20.3. The van der Waals surface area contributed by atoms with Crippen molar-refractivity contribution >= 4 is 24.2 Å². The fraction of sp³-hybridized carbons (Fsp3) is 0.538. The van der Waals surface area contributed by atoms with E-state index in [1.54, 1.807) is 20.0 Å². The first-order valence-corrected chi connectivity index (χ1v) is 12.1. The Bertz CT molecular complexity index is 934. The van der Waals surface area contributed by atoms with Crippen LogP contribution in [0.4, 0.5) is 0 Å². The van der Waals surface area contributed by atoms with Crippen LogP contribution in [0.15, 0.2) is 46.0 Å². The molecular weight excluding hydrogens is 430 g/mol. The van der Waals surface area contributed by atoms with Crippen LogP contribution in [0, 0.1) is 5.92 Å². The number of carbonyl (C=O) groups excluding carboxylic acids is 2. The molecule has 1 aliphatic heterocycles. The Morgan fingerprint density at radius 2 is 1.94 bits per heavy atom. The van der Waals surface area contributed by atoms with E-state index in [-0.39, 0.29) is 30.2 Å². The summed E-state index contributed by atoms with van der Waals surface area (Å²) in [6, 6.07) is 8.45. The molecule has 0 radical (unpaired) electrons. The van der Waals surface area contributed by atoms with Gasteiger partial charge < -0.3 is 15.7 Å². The van der Waals surface area contributed by atoms with Gasteiger partial charge in [-0.25, -0.2) is 4.99 Å². The molecule has 0 bridgehead atoms.